The summed E-state index contributed by atoms with van der Waals surface area (Å²) in [5.41, 5.74) is 13.0. The van der Waals surface area contributed by atoms with E-state index in [2.05, 4.69) is 217 Å². The molecule has 290 valence electrons. The lowest BCUT2D eigenvalue weighted by atomic mass is 10.00. The molecule has 3 aromatic heterocycles. The predicted octanol–water partition coefficient (Wildman–Crippen LogP) is 15.3. The molecule has 0 aliphatic rings. The van der Waals surface area contributed by atoms with Crippen LogP contribution >= 0.6 is 11.3 Å². The quantitative estimate of drug-likeness (QED) is 0.161. The third-order valence-corrected chi connectivity index (χ3v) is 13.0. The first-order chi connectivity index (χ1) is 30.7. The molecule has 0 radical (unpaired) electrons. The van der Waals surface area contributed by atoms with Gasteiger partial charge in [0.2, 0.25) is 0 Å². The van der Waals surface area contributed by atoms with E-state index in [-0.39, 0.29) is 0 Å². The highest BCUT2D eigenvalue weighted by Gasteiger charge is 2.19. The van der Waals surface area contributed by atoms with Crippen LogP contribution in [0.4, 0.5) is 0 Å². The van der Waals surface area contributed by atoms with Gasteiger partial charge in [-0.15, -0.1) is 11.3 Å². The fraction of sp³-hybridized carbons (Fsp3) is 0. The fourth-order valence-corrected chi connectivity index (χ4v) is 9.97. The van der Waals surface area contributed by atoms with Crippen LogP contribution in [0.3, 0.4) is 0 Å². The van der Waals surface area contributed by atoms with Gasteiger partial charge in [-0.1, -0.05) is 188 Å². The van der Waals surface area contributed by atoms with Gasteiger partial charge >= 0.3 is 0 Å². The summed E-state index contributed by atoms with van der Waals surface area (Å²) in [4.78, 5) is 15.6. The minimum atomic E-state index is 0.609. The summed E-state index contributed by atoms with van der Waals surface area (Å²) in [7, 11) is 0. The number of fused-ring (bicyclic) bond motifs is 6. The van der Waals surface area contributed by atoms with Gasteiger partial charge in [0.05, 0.1) is 16.7 Å². The average molecular weight is 809 g/mol. The van der Waals surface area contributed by atoms with Crippen LogP contribution in [0, 0.1) is 0 Å². The molecule has 0 unspecified atom stereocenters. The molecule has 62 heavy (non-hydrogen) atoms. The molecule has 0 aliphatic heterocycles. The second-order valence-corrected chi connectivity index (χ2v) is 16.7. The molecule has 0 bridgehead atoms. The van der Waals surface area contributed by atoms with Crippen molar-refractivity contribution in [3.05, 3.63) is 218 Å². The third-order valence-electron chi connectivity index (χ3n) is 11.9. The van der Waals surface area contributed by atoms with Crippen molar-refractivity contribution >= 4 is 53.3 Å². The standard InChI is InChI=1S/C57H36N4S/c1-3-13-37(14-4-1)38-23-27-41(28-24-38)55-58-56(42-29-25-39(26-30-42)43-31-34-49-48-19-9-12-22-53(48)62-54(49)36-43)60-57(59-55)44-32-33-45(40-15-5-2-6-16-40)52(35-44)61-50-20-10-7-17-46(50)47-18-8-11-21-51(47)61/h1-36H. The normalized spacial score (nSPS) is 11.5. The highest BCUT2D eigenvalue weighted by atomic mass is 32.1. The van der Waals surface area contributed by atoms with E-state index in [9.17, 15) is 0 Å². The minimum Gasteiger partial charge on any atom is -0.309 e. The number of benzene rings is 9. The maximum atomic E-state index is 5.25. The van der Waals surface area contributed by atoms with E-state index in [1.54, 1.807) is 0 Å². The molecule has 12 aromatic rings. The fourth-order valence-electron chi connectivity index (χ4n) is 8.82. The van der Waals surface area contributed by atoms with Crippen molar-refractivity contribution in [2.45, 2.75) is 0 Å². The first kappa shape index (κ1) is 35.9. The number of thiophene rings is 1. The molecular weight excluding hydrogens is 773 g/mol. The number of aromatic nitrogens is 4. The Morgan fingerprint density at radius 1 is 0.290 bits per heavy atom. The highest BCUT2D eigenvalue weighted by molar-refractivity contribution is 7.25. The average Bonchev–Trinajstić information content (AvgIpc) is 3.90. The summed E-state index contributed by atoms with van der Waals surface area (Å²) in [6, 6.07) is 77.5. The molecule has 0 amide bonds. The van der Waals surface area contributed by atoms with E-state index in [0.717, 1.165) is 55.7 Å². The van der Waals surface area contributed by atoms with Crippen molar-refractivity contribution < 1.29 is 0 Å². The van der Waals surface area contributed by atoms with Gasteiger partial charge < -0.3 is 4.57 Å². The van der Waals surface area contributed by atoms with Crippen LogP contribution in [-0.2, 0) is 0 Å². The number of nitrogens with zero attached hydrogens (tertiary/aromatic N) is 4. The highest BCUT2D eigenvalue weighted by Crippen LogP contribution is 2.40. The first-order valence-electron chi connectivity index (χ1n) is 20.8. The lowest BCUT2D eigenvalue weighted by Crippen LogP contribution is -2.02. The van der Waals surface area contributed by atoms with Gasteiger partial charge in [-0.2, -0.15) is 0 Å². The number of hydrogen-bond acceptors (Lipinski definition) is 4. The lowest BCUT2D eigenvalue weighted by molar-refractivity contribution is 1.07. The molecule has 3 heterocycles. The van der Waals surface area contributed by atoms with E-state index in [1.165, 1.54) is 42.1 Å². The summed E-state index contributed by atoms with van der Waals surface area (Å²) >= 11 is 1.84. The smallest absolute Gasteiger partial charge is 0.164 e. The molecular formula is C57H36N4S. The maximum absolute atomic E-state index is 5.25. The lowest BCUT2D eigenvalue weighted by Gasteiger charge is -2.16. The number of rotatable bonds is 7. The topological polar surface area (TPSA) is 43.6 Å². The Morgan fingerprint density at radius 2 is 0.726 bits per heavy atom. The minimum absolute atomic E-state index is 0.609. The van der Waals surface area contributed by atoms with Crippen molar-refractivity contribution in [2.75, 3.05) is 0 Å². The zero-order valence-corrected chi connectivity index (χ0v) is 34.3. The van der Waals surface area contributed by atoms with Crippen LogP contribution in [0.2, 0.25) is 0 Å². The van der Waals surface area contributed by atoms with E-state index in [1.807, 2.05) is 17.4 Å². The zero-order chi connectivity index (χ0) is 41.0. The Morgan fingerprint density at radius 3 is 1.35 bits per heavy atom. The number of para-hydroxylation sites is 2. The van der Waals surface area contributed by atoms with Crippen LogP contribution in [0.1, 0.15) is 0 Å². The predicted molar refractivity (Wildman–Crippen MR) is 260 cm³/mol. The van der Waals surface area contributed by atoms with Crippen molar-refractivity contribution in [1.82, 2.24) is 19.5 Å². The summed E-state index contributed by atoms with van der Waals surface area (Å²) < 4.78 is 4.98. The van der Waals surface area contributed by atoms with Crippen LogP contribution < -0.4 is 0 Å². The van der Waals surface area contributed by atoms with Crippen molar-refractivity contribution in [2.24, 2.45) is 0 Å². The molecule has 0 atom stereocenters. The monoisotopic (exact) mass is 808 g/mol. The number of hydrogen-bond donors (Lipinski definition) is 0. The SMILES string of the molecule is c1ccc(-c2ccc(-c3nc(-c4ccc(-c5ccc6c(c5)sc5ccccc56)cc4)nc(-c4ccc(-c5ccccc5)c(-n5c6ccccc6c6ccccc65)c4)n3)cc2)cc1. The molecule has 0 aliphatic carbocycles. The van der Waals surface area contributed by atoms with Crippen molar-refractivity contribution in [3.8, 4) is 73.2 Å². The van der Waals surface area contributed by atoms with Crippen LogP contribution in [0.15, 0.2) is 218 Å². The van der Waals surface area contributed by atoms with Gasteiger partial charge in [0.1, 0.15) is 0 Å². The Balaban J connectivity index is 1.01. The maximum Gasteiger partial charge on any atom is 0.164 e. The van der Waals surface area contributed by atoms with E-state index in [0.29, 0.717) is 17.5 Å². The Bertz CT molecular complexity index is 3550. The molecule has 9 aromatic carbocycles. The van der Waals surface area contributed by atoms with Crippen molar-refractivity contribution in [3.63, 3.8) is 0 Å². The molecule has 0 saturated heterocycles. The molecule has 5 heteroatoms. The second kappa shape index (κ2) is 14.9. The van der Waals surface area contributed by atoms with E-state index >= 15 is 0 Å². The zero-order valence-electron chi connectivity index (χ0n) is 33.5. The van der Waals surface area contributed by atoms with Gasteiger partial charge in [0.15, 0.2) is 17.5 Å². The first-order valence-corrected chi connectivity index (χ1v) is 21.7. The molecule has 4 nitrogen and oxygen atoms in total. The van der Waals surface area contributed by atoms with Gasteiger partial charge in [0, 0.05) is 53.2 Å². The van der Waals surface area contributed by atoms with Crippen LogP contribution in [-0.4, -0.2) is 19.5 Å². The molecule has 0 saturated carbocycles. The van der Waals surface area contributed by atoms with E-state index in [4.69, 9.17) is 15.0 Å². The van der Waals surface area contributed by atoms with Gasteiger partial charge in [-0.25, -0.2) is 15.0 Å². The molecule has 0 fully saturated rings. The molecule has 0 spiro atoms. The molecule has 12 rings (SSSR count). The second-order valence-electron chi connectivity index (χ2n) is 15.6. The van der Waals surface area contributed by atoms with Gasteiger partial charge in [-0.3, -0.25) is 0 Å². The van der Waals surface area contributed by atoms with Gasteiger partial charge in [0.25, 0.3) is 0 Å². The Kier molecular flexibility index (Phi) is 8.65. The van der Waals surface area contributed by atoms with Crippen LogP contribution in [0.25, 0.3) is 115 Å². The summed E-state index contributed by atoms with van der Waals surface area (Å²) in [6.07, 6.45) is 0. The Labute approximate surface area is 362 Å². The summed E-state index contributed by atoms with van der Waals surface area (Å²) in [5.74, 6) is 1.85. The van der Waals surface area contributed by atoms with Crippen molar-refractivity contribution in [1.29, 1.82) is 0 Å². The van der Waals surface area contributed by atoms with Gasteiger partial charge in [-0.05, 0) is 58.1 Å². The summed E-state index contributed by atoms with van der Waals surface area (Å²) in [5, 5.41) is 5.03. The Hall–Kier alpha value is -7.99. The largest absolute Gasteiger partial charge is 0.309 e. The molecule has 0 N–H and O–H groups in total. The van der Waals surface area contributed by atoms with E-state index < -0.39 is 0 Å². The third kappa shape index (κ3) is 6.26. The van der Waals surface area contributed by atoms with Crippen LogP contribution in [0.5, 0.6) is 0 Å². The summed E-state index contributed by atoms with van der Waals surface area (Å²) in [6.45, 7) is 0.